The molecular weight excluding hydrogens is 333 g/mol. The molecule has 1 aromatic heterocycles. The molecule has 5 N–H and O–H groups in total. The predicted molar refractivity (Wildman–Crippen MR) is 91.9 cm³/mol. The molecule has 1 aromatic carbocycles. The Morgan fingerprint density at radius 1 is 1.50 bits per heavy atom. The van der Waals surface area contributed by atoms with Gasteiger partial charge >= 0.3 is 0 Å². The zero-order valence-electron chi connectivity index (χ0n) is 13.2. The number of halogens is 1. The Kier molecular flexibility index (Phi) is 5.47. The summed E-state index contributed by atoms with van der Waals surface area (Å²) in [5, 5.41) is 4.83. The maximum Gasteiger partial charge on any atom is 0.250 e. The van der Waals surface area contributed by atoms with Crippen molar-refractivity contribution in [2.45, 2.75) is 26.3 Å². The molecular formula is C15H18FN5O2S. The molecule has 0 aliphatic rings. The van der Waals surface area contributed by atoms with Crippen LogP contribution in [0, 0.1) is 12.7 Å². The Labute approximate surface area is 142 Å². The first kappa shape index (κ1) is 17.8. The van der Waals surface area contributed by atoms with Crippen molar-refractivity contribution in [3.05, 3.63) is 35.3 Å². The van der Waals surface area contributed by atoms with E-state index in [1.165, 1.54) is 17.6 Å². The minimum absolute atomic E-state index is 0.00116. The molecule has 9 heteroatoms. The lowest BCUT2D eigenvalue weighted by molar-refractivity contribution is -0.108. The summed E-state index contributed by atoms with van der Waals surface area (Å²) in [4.78, 5) is 22.2. The quantitative estimate of drug-likeness (QED) is 0.400. The number of aldehydes is 1. The maximum absolute atomic E-state index is 14.3. The summed E-state index contributed by atoms with van der Waals surface area (Å²) < 4.78 is 18.5. The van der Waals surface area contributed by atoms with E-state index in [-0.39, 0.29) is 17.7 Å². The minimum Gasteiger partial charge on any atom is -0.366 e. The van der Waals surface area contributed by atoms with Gasteiger partial charge in [-0.1, -0.05) is 0 Å². The molecule has 0 aliphatic heterocycles. The second kappa shape index (κ2) is 7.37. The molecule has 1 atom stereocenters. The number of aromatic nitrogens is 1. The number of benzene rings is 1. The van der Waals surface area contributed by atoms with Crippen LogP contribution in [0.5, 0.6) is 0 Å². The fraction of sp³-hybridized carbons (Fsp3) is 0.267. The molecule has 1 heterocycles. The fourth-order valence-corrected chi connectivity index (χ4v) is 2.79. The van der Waals surface area contributed by atoms with Gasteiger partial charge in [0.25, 0.3) is 5.91 Å². The zero-order valence-corrected chi connectivity index (χ0v) is 14.1. The van der Waals surface area contributed by atoms with Gasteiger partial charge in [-0.05, 0) is 43.6 Å². The molecule has 2 aromatic rings. The highest BCUT2D eigenvalue weighted by Gasteiger charge is 2.20. The van der Waals surface area contributed by atoms with Crippen molar-refractivity contribution in [1.29, 1.82) is 0 Å². The summed E-state index contributed by atoms with van der Waals surface area (Å²) in [6, 6.07) is 3.80. The highest BCUT2D eigenvalue weighted by atomic mass is 32.1. The van der Waals surface area contributed by atoms with Crippen molar-refractivity contribution < 1.29 is 14.0 Å². The standard InChI is InChI=1S/C15H18FN5O2S/c1-8-5-14(24-20-8)19-12-7-13(21(18)9(2)3-4-22)11(16)6-10(12)15(17)23/h4-7,9,19H,3,18H2,1-2H3,(H2,17,23)/t9-/m1/s1. The van der Waals surface area contributed by atoms with Crippen molar-refractivity contribution in [3.63, 3.8) is 0 Å². The monoisotopic (exact) mass is 351 g/mol. The largest absolute Gasteiger partial charge is 0.366 e. The van der Waals surface area contributed by atoms with Crippen LogP contribution in [0.2, 0.25) is 0 Å². The summed E-state index contributed by atoms with van der Waals surface area (Å²) in [5.74, 6) is 4.43. The van der Waals surface area contributed by atoms with Crippen LogP contribution in [-0.2, 0) is 4.79 Å². The Balaban J connectivity index is 2.44. The van der Waals surface area contributed by atoms with Gasteiger partial charge in [-0.25, -0.2) is 10.2 Å². The molecule has 1 amide bonds. The number of carbonyl (C=O) groups is 2. The molecule has 0 fully saturated rings. The van der Waals surface area contributed by atoms with Gasteiger partial charge in [0.05, 0.1) is 22.6 Å². The van der Waals surface area contributed by atoms with Gasteiger partial charge in [-0.2, -0.15) is 4.37 Å². The summed E-state index contributed by atoms with van der Waals surface area (Å²) >= 11 is 1.20. The van der Waals surface area contributed by atoms with Gasteiger partial charge in [-0.15, -0.1) is 0 Å². The van der Waals surface area contributed by atoms with Gasteiger partial charge in [0.1, 0.15) is 17.1 Å². The van der Waals surface area contributed by atoms with Crippen LogP contribution in [0.15, 0.2) is 18.2 Å². The summed E-state index contributed by atoms with van der Waals surface area (Å²) in [6.07, 6.45) is 0.851. The highest BCUT2D eigenvalue weighted by Crippen LogP contribution is 2.31. The number of hydrogen-bond acceptors (Lipinski definition) is 7. The molecule has 2 rings (SSSR count). The van der Waals surface area contributed by atoms with Crippen LogP contribution in [-0.4, -0.2) is 22.6 Å². The Bertz CT molecular complexity index is 764. The molecule has 128 valence electrons. The lowest BCUT2D eigenvalue weighted by Crippen LogP contribution is -2.40. The number of rotatable bonds is 7. The first-order valence-corrected chi connectivity index (χ1v) is 7.92. The van der Waals surface area contributed by atoms with Gasteiger partial charge in [0.15, 0.2) is 0 Å². The number of hydrogen-bond donors (Lipinski definition) is 3. The van der Waals surface area contributed by atoms with Crippen LogP contribution >= 0.6 is 11.5 Å². The average molecular weight is 351 g/mol. The van der Waals surface area contributed by atoms with Crippen LogP contribution in [0.3, 0.4) is 0 Å². The third-order valence-corrected chi connectivity index (χ3v) is 4.22. The first-order chi connectivity index (χ1) is 11.3. The third kappa shape index (κ3) is 3.87. The smallest absolute Gasteiger partial charge is 0.250 e. The number of nitrogens with zero attached hydrogens (tertiary/aromatic N) is 2. The molecule has 0 spiro atoms. The van der Waals surface area contributed by atoms with Crippen LogP contribution in [0.4, 0.5) is 20.8 Å². The van der Waals surface area contributed by atoms with E-state index in [1.54, 1.807) is 13.0 Å². The molecule has 24 heavy (non-hydrogen) atoms. The molecule has 0 radical (unpaired) electrons. The van der Waals surface area contributed by atoms with E-state index in [2.05, 4.69) is 9.69 Å². The molecule has 0 saturated heterocycles. The Morgan fingerprint density at radius 2 is 2.21 bits per heavy atom. The van der Waals surface area contributed by atoms with Crippen molar-refractivity contribution in [2.24, 2.45) is 11.6 Å². The fourth-order valence-electron chi connectivity index (χ4n) is 2.11. The molecule has 0 unspecified atom stereocenters. The lowest BCUT2D eigenvalue weighted by atomic mass is 10.1. The first-order valence-electron chi connectivity index (χ1n) is 7.14. The van der Waals surface area contributed by atoms with E-state index in [4.69, 9.17) is 11.6 Å². The number of carbonyl (C=O) groups excluding carboxylic acids is 2. The number of amides is 1. The van der Waals surface area contributed by atoms with E-state index in [9.17, 15) is 14.0 Å². The second-order valence-electron chi connectivity index (χ2n) is 5.33. The summed E-state index contributed by atoms with van der Waals surface area (Å²) in [7, 11) is 0. The van der Waals surface area contributed by atoms with Gasteiger partial charge < -0.3 is 20.9 Å². The van der Waals surface area contributed by atoms with Crippen LogP contribution < -0.4 is 21.9 Å². The SMILES string of the molecule is Cc1cc(Nc2cc(N(N)[C@H](C)CC=O)c(F)cc2C(N)=O)sn1. The molecule has 0 aliphatic carbocycles. The van der Waals surface area contributed by atoms with Gasteiger partial charge in [0, 0.05) is 12.5 Å². The molecule has 7 nitrogen and oxygen atoms in total. The summed E-state index contributed by atoms with van der Waals surface area (Å²) in [6.45, 7) is 3.52. The van der Waals surface area contributed by atoms with E-state index < -0.39 is 17.8 Å². The number of aryl methyl sites for hydroxylation is 1. The normalized spacial score (nSPS) is 11.8. The van der Waals surface area contributed by atoms with Gasteiger partial charge in [-0.3, -0.25) is 4.79 Å². The van der Waals surface area contributed by atoms with Crippen molar-refractivity contribution in [1.82, 2.24) is 4.37 Å². The Morgan fingerprint density at radius 3 is 2.75 bits per heavy atom. The van der Waals surface area contributed by atoms with Crippen molar-refractivity contribution >= 4 is 40.1 Å². The zero-order chi connectivity index (χ0) is 17.9. The molecule has 0 bridgehead atoms. The number of anilines is 3. The average Bonchev–Trinajstić information content (AvgIpc) is 2.93. The van der Waals surface area contributed by atoms with Crippen molar-refractivity contribution in [3.8, 4) is 0 Å². The lowest BCUT2D eigenvalue weighted by Gasteiger charge is -2.26. The summed E-state index contributed by atoms with van der Waals surface area (Å²) in [5.41, 5.74) is 6.51. The minimum atomic E-state index is -0.770. The van der Waals surface area contributed by atoms with Gasteiger partial charge in [0.2, 0.25) is 0 Å². The van der Waals surface area contributed by atoms with Crippen LogP contribution in [0.25, 0.3) is 0 Å². The van der Waals surface area contributed by atoms with E-state index in [0.717, 1.165) is 16.8 Å². The molecule has 0 saturated carbocycles. The highest BCUT2D eigenvalue weighted by molar-refractivity contribution is 7.10. The number of hydrazine groups is 1. The maximum atomic E-state index is 14.3. The van der Waals surface area contributed by atoms with E-state index >= 15 is 0 Å². The predicted octanol–water partition coefficient (Wildman–Crippen LogP) is 2.09. The third-order valence-electron chi connectivity index (χ3n) is 3.43. The van der Waals surface area contributed by atoms with Crippen LogP contribution in [0.1, 0.15) is 29.4 Å². The van der Waals surface area contributed by atoms with Crippen molar-refractivity contribution in [2.75, 3.05) is 10.3 Å². The number of primary amides is 1. The van der Waals surface area contributed by atoms with E-state index in [1.807, 2.05) is 6.92 Å². The topological polar surface area (TPSA) is 114 Å². The number of nitrogens with two attached hydrogens (primary N) is 2. The Hall–Kier alpha value is -2.52. The van der Waals surface area contributed by atoms with E-state index in [0.29, 0.717) is 17.0 Å². The number of nitrogens with one attached hydrogen (secondary N) is 1. The second-order valence-corrected chi connectivity index (χ2v) is 6.13.